The van der Waals surface area contributed by atoms with E-state index in [0.717, 1.165) is 24.1 Å². The van der Waals surface area contributed by atoms with E-state index in [1.807, 2.05) is 36.5 Å². The van der Waals surface area contributed by atoms with E-state index in [0.29, 0.717) is 19.6 Å². The summed E-state index contributed by atoms with van der Waals surface area (Å²) in [5, 5.41) is 7.46. The highest BCUT2D eigenvalue weighted by Gasteiger charge is 2.28. The largest absolute Gasteiger partial charge is 0.381 e. The number of amides is 1. The van der Waals surface area contributed by atoms with E-state index < -0.39 is 0 Å². The number of nitrogens with one attached hydrogen (secondary N) is 1. The van der Waals surface area contributed by atoms with Gasteiger partial charge < -0.3 is 10.1 Å². The van der Waals surface area contributed by atoms with E-state index in [1.54, 1.807) is 10.9 Å². The summed E-state index contributed by atoms with van der Waals surface area (Å²) in [6, 6.07) is 9.88. The van der Waals surface area contributed by atoms with Crippen molar-refractivity contribution in [3.05, 3.63) is 48.3 Å². The van der Waals surface area contributed by atoms with Crippen molar-refractivity contribution in [3.63, 3.8) is 0 Å². The molecule has 5 heteroatoms. The van der Waals surface area contributed by atoms with Crippen LogP contribution in [0.5, 0.6) is 0 Å². The van der Waals surface area contributed by atoms with Gasteiger partial charge in [0.25, 0.3) is 0 Å². The lowest BCUT2D eigenvalue weighted by Crippen LogP contribution is -2.50. The molecule has 22 heavy (non-hydrogen) atoms. The van der Waals surface area contributed by atoms with Crippen molar-refractivity contribution in [2.75, 3.05) is 13.2 Å². The van der Waals surface area contributed by atoms with Crippen LogP contribution in [0.3, 0.4) is 0 Å². The lowest BCUT2D eigenvalue weighted by molar-refractivity contribution is -0.123. The molecule has 1 aliphatic rings. The molecule has 1 N–H and O–H groups in total. The third kappa shape index (κ3) is 3.54. The molecule has 1 aromatic heterocycles. The van der Waals surface area contributed by atoms with Gasteiger partial charge in [-0.15, -0.1) is 0 Å². The maximum atomic E-state index is 12.2. The van der Waals surface area contributed by atoms with E-state index in [2.05, 4.69) is 17.3 Å². The topological polar surface area (TPSA) is 56.2 Å². The molecule has 2 heterocycles. The summed E-state index contributed by atoms with van der Waals surface area (Å²) in [5.74, 6) is 0.0389. The molecule has 0 bridgehead atoms. The molecule has 0 aliphatic carbocycles. The quantitative estimate of drug-likeness (QED) is 0.940. The van der Waals surface area contributed by atoms with E-state index in [-0.39, 0.29) is 11.4 Å². The van der Waals surface area contributed by atoms with Crippen LogP contribution in [-0.2, 0) is 16.0 Å². The summed E-state index contributed by atoms with van der Waals surface area (Å²) in [7, 11) is 0. The third-order valence-corrected chi connectivity index (χ3v) is 4.06. The van der Waals surface area contributed by atoms with Gasteiger partial charge in [-0.1, -0.05) is 18.2 Å². The van der Waals surface area contributed by atoms with Crippen LogP contribution in [0.1, 0.15) is 25.3 Å². The molecule has 1 aromatic carbocycles. The number of carbonyl (C=O) groups excluding carboxylic acids is 1. The first-order valence-electron chi connectivity index (χ1n) is 7.62. The maximum Gasteiger partial charge on any atom is 0.224 e. The van der Waals surface area contributed by atoms with Gasteiger partial charge in [0.1, 0.15) is 0 Å². The minimum Gasteiger partial charge on any atom is -0.381 e. The van der Waals surface area contributed by atoms with Crippen LogP contribution in [0.25, 0.3) is 5.69 Å². The molecule has 2 aromatic rings. The molecule has 3 rings (SSSR count). The first-order valence-corrected chi connectivity index (χ1v) is 7.62. The fourth-order valence-electron chi connectivity index (χ4n) is 2.69. The fraction of sp³-hybridized carbons (Fsp3) is 0.412. The summed E-state index contributed by atoms with van der Waals surface area (Å²) in [4.78, 5) is 12.2. The van der Waals surface area contributed by atoms with Crippen LogP contribution in [0.2, 0.25) is 0 Å². The lowest BCUT2D eigenvalue weighted by Gasteiger charge is -2.34. The average Bonchev–Trinajstić information content (AvgIpc) is 2.96. The second-order valence-corrected chi connectivity index (χ2v) is 6.03. The van der Waals surface area contributed by atoms with E-state index in [9.17, 15) is 4.79 Å². The van der Waals surface area contributed by atoms with Crippen molar-refractivity contribution in [2.24, 2.45) is 0 Å². The van der Waals surface area contributed by atoms with Gasteiger partial charge >= 0.3 is 0 Å². The van der Waals surface area contributed by atoms with Crippen molar-refractivity contribution < 1.29 is 9.53 Å². The number of ether oxygens (including phenoxy) is 1. The zero-order chi connectivity index (χ0) is 15.4. The molecule has 0 saturated carbocycles. The molecule has 1 saturated heterocycles. The fourth-order valence-corrected chi connectivity index (χ4v) is 2.69. The normalized spacial score (nSPS) is 17.1. The Morgan fingerprint density at radius 3 is 2.77 bits per heavy atom. The van der Waals surface area contributed by atoms with Crippen molar-refractivity contribution in [1.82, 2.24) is 15.1 Å². The Hall–Kier alpha value is -2.14. The van der Waals surface area contributed by atoms with Gasteiger partial charge in [0.05, 0.1) is 18.3 Å². The van der Waals surface area contributed by atoms with Gasteiger partial charge in [-0.05, 0) is 37.5 Å². The predicted molar refractivity (Wildman–Crippen MR) is 83.9 cm³/mol. The summed E-state index contributed by atoms with van der Waals surface area (Å²) >= 11 is 0. The van der Waals surface area contributed by atoms with Crippen LogP contribution < -0.4 is 5.32 Å². The molecule has 0 atom stereocenters. The van der Waals surface area contributed by atoms with Gasteiger partial charge in [0, 0.05) is 24.9 Å². The predicted octanol–water partition coefficient (Wildman–Crippen LogP) is 2.10. The monoisotopic (exact) mass is 299 g/mol. The highest BCUT2D eigenvalue weighted by Crippen LogP contribution is 2.19. The van der Waals surface area contributed by atoms with Gasteiger partial charge in [-0.3, -0.25) is 4.79 Å². The summed E-state index contributed by atoms with van der Waals surface area (Å²) in [5.41, 5.74) is 1.76. The third-order valence-electron chi connectivity index (χ3n) is 4.06. The minimum atomic E-state index is -0.148. The Kier molecular flexibility index (Phi) is 4.24. The second kappa shape index (κ2) is 6.32. The number of aromatic nitrogens is 2. The van der Waals surface area contributed by atoms with Gasteiger partial charge in [-0.2, -0.15) is 5.10 Å². The highest BCUT2D eigenvalue weighted by atomic mass is 16.5. The van der Waals surface area contributed by atoms with Crippen molar-refractivity contribution in [3.8, 4) is 5.69 Å². The molecule has 0 unspecified atom stereocenters. The SMILES string of the molecule is CC1(NC(=O)Cc2cnn(-c3ccccc3)c2)CCOCC1. The van der Waals surface area contributed by atoms with Crippen molar-refractivity contribution in [2.45, 2.75) is 31.7 Å². The van der Waals surface area contributed by atoms with E-state index in [1.165, 1.54) is 0 Å². The maximum absolute atomic E-state index is 12.2. The van der Waals surface area contributed by atoms with Crippen molar-refractivity contribution >= 4 is 5.91 Å². The van der Waals surface area contributed by atoms with E-state index in [4.69, 9.17) is 4.74 Å². The highest BCUT2D eigenvalue weighted by molar-refractivity contribution is 5.79. The van der Waals surface area contributed by atoms with Crippen LogP contribution in [0, 0.1) is 0 Å². The Balaban J connectivity index is 1.61. The van der Waals surface area contributed by atoms with Crippen molar-refractivity contribution in [1.29, 1.82) is 0 Å². The first-order chi connectivity index (χ1) is 10.6. The number of benzene rings is 1. The zero-order valence-electron chi connectivity index (χ0n) is 12.8. The van der Waals surface area contributed by atoms with Crippen LogP contribution >= 0.6 is 0 Å². The molecule has 0 spiro atoms. The lowest BCUT2D eigenvalue weighted by atomic mass is 9.92. The van der Waals surface area contributed by atoms with Gasteiger partial charge in [-0.25, -0.2) is 4.68 Å². The molecule has 1 fully saturated rings. The average molecular weight is 299 g/mol. The zero-order valence-corrected chi connectivity index (χ0v) is 12.8. The number of hydrogen-bond acceptors (Lipinski definition) is 3. The second-order valence-electron chi connectivity index (χ2n) is 6.03. The molecule has 1 amide bonds. The number of carbonyl (C=O) groups is 1. The van der Waals surface area contributed by atoms with Crippen LogP contribution in [0.15, 0.2) is 42.7 Å². The first kappa shape index (κ1) is 14.8. The smallest absolute Gasteiger partial charge is 0.224 e. The summed E-state index contributed by atoms with van der Waals surface area (Å²) < 4.78 is 7.14. The van der Waals surface area contributed by atoms with Crippen LogP contribution in [0.4, 0.5) is 0 Å². The molecule has 1 aliphatic heterocycles. The minimum absolute atomic E-state index is 0.0389. The Morgan fingerprint density at radius 1 is 1.32 bits per heavy atom. The number of hydrogen-bond donors (Lipinski definition) is 1. The van der Waals surface area contributed by atoms with Crippen LogP contribution in [-0.4, -0.2) is 34.4 Å². The number of nitrogens with zero attached hydrogens (tertiary/aromatic N) is 2. The molecule has 0 radical (unpaired) electrons. The molecular formula is C17H21N3O2. The van der Waals surface area contributed by atoms with Gasteiger partial charge in [0.2, 0.25) is 5.91 Å². The molecule has 5 nitrogen and oxygen atoms in total. The standard InChI is InChI=1S/C17H21N3O2/c1-17(7-9-22-10-8-17)19-16(21)11-14-12-18-20(13-14)15-5-3-2-4-6-15/h2-6,12-13H,7-11H2,1H3,(H,19,21). The summed E-state index contributed by atoms with van der Waals surface area (Å²) in [6.07, 6.45) is 5.73. The molecule has 116 valence electrons. The van der Waals surface area contributed by atoms with E-state index >= 15 is 0 Å². The number of para-hydroxylation sites is 1. The Labute approximate surface area is 130 Å². The number of rotatable bonds is 4. The summed E-state index contributed by atoms with van der Waals surface area (Å²) in [6.45, 7) is 3.51. The Bertz CT molecular complexity index is 630. The molecular weight excluding hydrogens is 278 g/mol. The Morgan fingerprint density at radius 2 is 2.05 bits per heavy atom. The van der Waals surface area contributed by atoms with Gasteiger partial charge in [0.15, 0.2) is 0 Å².